The van der Waals surface area contributed by atoms with Crippen molar-refractivity contribution in [1.82, 2.24) is 10.2 Å². The van der Waals surface area contributed by atoms with Crippen LogP contribution in [-0.4, -0.2) is 74.8 Å². The van der Waals surface area contributed by atoms with E-state index < -0.39 is 5.60 Å². The lowest BCUT2D eigenvalue weighted by molar-refractivity contribution is -0.0238. The lowest BCUT2D eigenvalue weighted by Crippen LogP contribution is -2.52. The summed E-state index contributed by atoms with van der Waals surface area (Å²) in [6.07, 6.45) is 0.891. The summed E-state index contributed by atoms with van der Waals surface area (Å²) in [5, 5.41) is 14.1. The zero-order chi connectivity index (χ0) is 16.5. The molecule has 2 rings (SSSR count). The van der Waals surface area contributed by atoms with Gasteiger partial charge in [-0.05, 0) is 18.9 Å². The second kappa shape index (κ2) is 9.35. The molecule has 1 aromatic rings. The van der Waals surface area contributed by atoms with Crippen LogP contribution in [-0.2, 0) is 15.9 Å². The van der Waals surface area contributed by atoms with E-state index in [9.17, 15) is 5.11 Å². The molecule has 0 bridgehead atoms. The summed E-state index contributed by atoms with van der Waals surface area (Å²) in [6, 6.07) is 10.6. The zero-order valence-corrected chi connectivity index (χ0v) is 14.3. The normalized spacial score (nSPS) is 20.1. The lowest BCUT2D eigenvalue weighted by atomic mass is 10.0. The number of aliphatic hydroxyl groups is 1. The SMILES string of the molecule is COC[C@@H](Cc1ccccc1)NC[C@@](C)(O)CN1CCOCC1. The largest absolute Gasteiger partial charge is 0.388 e. The average molecular weight is 322 g/mol. The molecule has 0 aromatic heterocycles. The van der Waals surface area contributed by atoms with Crippen molar-refractivity contribution in [1.29, 1.82) is 0 Å². The highest BCUT2D eigenvalue weighted by molar-refractivity contribution is 5.16. The van der Waals surface area contributed by atoms with Gasteiger partial charge in [-0.25, -0.2) is 0 Å². The molecular weight excluding hydrogens is 292 g/mol. The Labute approximate surface area is 139 Å². The van der Waals surface area contributed by atoms with Crippen molar-refractivity contribution in [3.8, 4) is 0 Å². The standard InChI is InChI=1S/C18H30N2O3/c1-18(21,15-20-8-10-23-11-9-20)14-19-17(13-22-2)12-16-6-4-3-5-7-16/h3-7,17,19,21H,8-15H2,1-2H3/t17-,18-/m1/s1. The molecule has 0 unspecified atom stereocenters. The molecule has 23 heavy (non-hydrogen) atoms. The lowest BCUT2D eigenvalue weighted by Gasteiger charge is -2.35. The van der Waals surface area contributed by atoms with Crippen molar-refractivity contribution in [2.45, 2.75) is 25.0 Å². The Bertz CT molecular complexity index is 433. The summed E-state index contributed by atoms with van der Waals surface area (Å²) in [5.74, 6) is 0. The summed E-state index contributed by atoms with van der Waals surface area (Å²) in [6.45, 7) is 7.01. The van der Waals surface area contributed by atoms with Crippen LogP contribution >= 0.6 is 0 Å². The van der Waals surface area contributed by atoms with Crippen LogP contribution in [0.5, 0.6) is 0 Å². The summed E-state index contributed by atoms with van der Waals surface area (Å²) in [7, 11) is 1.71. The third-order valence-electron chi connectivity index (χ3n) is 4.13. The van der Waals surface area contributed by atoms with Gasteiger partial charge in [-0.1, -0.05) is 30.3 Å². The van der Waals surface area contributed by atoms with Gasteiger partial charge < -0.3 is 19.9 Å². The number of rotatable bonds is 9. The van der Waals surface area contributed by atoms with Crippen molar-refractivity contribution >= 4 is 0 Å². The molecule has 1 fully saturated rings. The van der Waals surface area contributed by atoms with Crippen LogP contribution in [0.15, 0.2) is 30.3 Å². The van der Waals surface area contributed by atoms with Gasteiger partial charge in [-0.3, -0.25) is 4.90 Å². The monoisotopic (exact) mass is 322 g/mol. The van der Waals surface area contributed by atoms with Crippen LogP contribution in [0.2, 0.25) is 0 Å². The topological polar surface area (TPSA) is 54.0 Å². The molecular formula is C18H30N2O3. The number of hydrogen-bond acceptors (Lipinski definition) is 5. The molecule has 1 heterocycles. The minimum atomic E-state index is -0.764. The second-order valence-corrected chi connectivity index (χ2v) is 6.61. The minimum Gasteiger partial charge on any atom is -0.388 e. The van der Waals surface area contributed by atoms with Gasteiger partial charge in [0.05, 0.1) is 25.4 Å². The summed E-state index contributed by atoms with van der Waals surface area (Å²) in [4.78, 5) is 2.26. The van der Waals surface area contributed by atoms with Crippen LogP contribution in [0.1, 0.15) is 12.5 Å². The molecule has 0 spiro atoms. The van der Waals surface area contributed by atoms with E-state index in [1.807, 2.05) is 25.1 Å². The maximum atomic E-state index is 10.7. The molecule has 1 aliphatic heterocycles. The molecule has 0 saturated carbocycles. The minimum absolute atomic E-state index is 0.193. The maximum absolute atomic E-state index is 10.7. The first-order valence-corrected chi connectivity index (χ1v) is 8.38. The van der Waals surface area contributed by atoms with E-state index in [1.165, 1.54) is 5.56 Å². The predicted molar refractivity (Wildman–Crippen MR) is 91.7 cm³/mol. The van der Waals surface area contributed by atoms with Gasteiger partial charge in [0.1, 0.15) is 0 Å². The quantitative estimate of drug-likeness (QED) is 0.708. The molecule has 130 valence electrons. The van der Waals surface area contributed by atoms with E-state index in [0.29, 0.717) is 19.7 Å². The molecule has 1 saturated heterocycles. The van der Waals surface area contributed by atoms with Crippen molar-refractivity contribution in [3.63, 3.8) is 0 Å². The van der Waals surface area contributed by atoms with Gasteiger partial charge in [0.2, 0.25) is 0 Å². The van der Waals surface area contributed by atoms with E-state index in [1.54, 1.807) is 7.11 Å². The number of nitrogens with one attached hydrogen (secondary N) is 1. The first-order valence-electron chi connectivity index (χ1n) is 8.38. The van der Waals surface area contributed by atoms with Crippen LogP contribution in [0.3, 0.4) is 0 Å². The molecule has 2 N–H and O–H groups in total. The number of methoxy groups -OCH3 is 1. The fraction of sp³-hybridized carbons (Fsp3) is 0.667. The van der Waals surface area contributed by atoms with Crippen LogP contribution in [0, 0.1) is 0 Å². The van der Waals surface area contributed by atoms with Gasteiger partial charge in [-0.15, -0.1) is 0 Å². The van der Waals surface area contributed by atoms with Crippen molar-refractivity contribution in [2.75, 3.05) is 53.1 Å². The smallest absolute Gasteiger partial charge is 0.0869 e. The number of ether oxygens (including phenoxy) is 2. The maximum Gasteiger partial charge on any atom is 0.0869 e. The Morgan fingerprint density at radius 1 is 1.30 bits per heavy atom. The van der Waals surface area contributed by atoms with E-state index in [-0.39, 0.29) is 6.04 Å². The Hall–Kier alpha value is -0.980. The number of morpholine rings is 1. The fourth-order valence-electron chi connectivity index (χ4n) is 2.95. The van der Waals surface area contributed by atoms with Crippen LogP contribution < -0.4 is 5.32 Å². The summed E-state index contributed by atoms with van der Waals surface area (Å²) >= 11 is 0. The molecule has 5 nitrogen and oxygen atoms in total. The van der Waals surface area contributed by atoms with E-state index in [4.69, 9.17) is 9.47 Å². The van der Waals surface area contributed by atoms with Crippen molar-refractivity contribution in [2.24, 2.45) is 0 Å². The molecule has 0 amide bonds. The van der Waals surface area contributed by atoms with Crippen molar-refractivity contribution in [3.05, 3.63) is 35.9 Å². The Kier molecular flexibility index (Phi) is 7.46. The van der Waals surface area contributed by atoms with Gasteiger partial charge in [0.15, 0.2) is 0 Å². The Morgan fingerprint density at radius 2 is 2.00 bits per heavy atom. The molecule has 2 atom stereocenters. The van der Waals surface area contributed by atoms with Crippen LogP contribution in [0.25, 0.3) is 0 Å². The van der Waals surface area contributed by atoms with E-state index in [0.717, 1.165) is 32.7 Å². The number of hydrogen-bond donors (Lipinski definition) is 2. The van der Waals surface area contributed by atoms with Gasteiger partial charge in [0, 0.05) is 39.3 Å². The zero-order valence-electron chi connectivity index (χ0n) is 14.3. The average Bonchev–Trinajstić information content (AvgIpc) is 2.54. The highest BCUT2D eigenvalue weighted by Gasteiger charge is 2.26. The van der Waals surface area contributed by atoms with E-state index >= 15 is 0 Å². The van der Waals surface area contributed by atoms with Crippen LogP contribution in [0.4, 0.5) is 0 Å². The predicted octanol–water partition coefficient (Wildman–Crippen LogP) is 0.917. The molecule has 1 aromatic carbocycles. The second-order valence-electron chi connectivity index (χ2n) is 6.61. The summed E-state index contributed by atoms with van der Waals surface area (Å²) < 4.78 is 10.7. The van der Waals surface area contributed by atoms with Crippen molar-refractivity contribution < 1.29 is 14.6 Å². The highest BCUT2D eigenvalue weighted by Crippen LogP contribution is 2.09. The number of benzene rings is 1. The van der Waals surface area contributed by atoms with Gasteiger partial charge >= 0.3 is 0 Å². The third-order valence-corrected chi connectivity index (χ3v) is 4.13. The third kappa shape index (κ3) is 6.97. The summed E-state index contributed by atoms with van der Waals surface area (Å²) in [5.41, 5.74) is 0.509. The Balaban J connectivity index is 1.81. The molecule has 0 aliphatic carbocycles. The van der Waals surface area contributed by atoms with E-state index in [2.05, 4.69) is 22.3 Å². The first-order chi connectivity index (χ1) is 11.1. The fourth-order valence-corrected chi connectivity index (χ4v) is 2.95. The number of nitrogens with zero attached hydrogens (tertiary/aromatic N) is 1. The molecule has 1 aliphatic rings. The first kappa shape index (κ1) is 18.4. The van der Waals surface area contributed by atoms with Gasteiger partial charge in [-0.2, -0.15) is 0 Å². The molecule has 0 radical (unpaired) electrons. The Morgan fingerprint density at radius 3 is 2.65 bits per heavy atom. The highest BCUT2D eigenvalue weighted by atomic mass is 16.5. The molecule has 5 heteroatoms. The van der Waals surface area contributed by atoms with Gasteiger partial charge in [0.25, 0.3) is 0 Å². The number of β-amino-alcohol motifs (C(OH)–C–C–N with tert-alkyl or cyclic N) is 1.